The molecule has 2 aromatic heterocycles. The van der Waals surface area contributed by atoms with Crippen molar-refractivity contribution in [3.05, 3.63) is 54.0 Å². The Morgan fingerprint density at radius 3 is 2.96 bits per heavy atom. The van der Waals surface area contributed by atoms with Crippen LogP contribution in [0.5, 0.6) is 0 Å². The van der Waals surface area contributed by atoms with Crippen LogP contribution in [0.4, 0.5) is 0 Å². The number of aromatic amines is 1. The van der Waals surface area contributed by atoms with E-state index in [1.54, 1.807) is 4.90 Å². The zero-order chi connectivity index (χ0) is 18.6. The van der Waals surface area contributed by atoms with Gasteiger partial charge in [0.1, 0.15) is 5.69 Å². The van der Waals surface area contributed by atoms with Crippen molar-refractivity contribution in [1.82, 2.24) is 19.7 Å². The van der Waals surface area contributed by atoms with Gasteiger partial charge in [-0.15, -0.1) is 0 Å². The number of amides is 1. The quantitative estimate of drug-likeness (QED) is 0.728. The smallest absolute Gasteiger partial charge is 0.274 e. The Kier molecular flexibility index (Phi) is 5.25. The number of hydrogen-bond donors (Lipinski definition) is 1. The van der Waals surface area contributed by atoms with E-state index < -0.39 is 0 Å². The van der Waals surface area contributed by atoms with Gasteiger partial charge in [0.15, 0.2) is 0 Å². The molecule has 1 amide bonds. The number of hydrogen-bond acceptors (Lipinski definition) is 3. The van der Waals surface area contributed by atoms with E-state index in [4.69, 9.17) is 4.74 Å². The highest BCUT2D eigenvalue weighted by Crippen LogP contribution is 2.19. The molecule has 1 fully saturated rings. The topological polar surface area (TPSA) is 63.1 Å². The van der Waals surface area contributed by atoms with Crippen molar-refractivity contribution in [1.29, 1.82) is 0 Å². The zero-order valence-electron chi connectivity index (χ0n) is 15.7. The summed E-state index contributed by atoms with van der Waals surface area (Å²) in [6.07, 6.45) is 5.28. The van der Waals surface area contributed by atoms with E-state index in [1.807, 2.05) is 25.2 Å². The minimum absolute atomic E-state index is 0.0260. The van der Waals surface area contributed by atoms with Gasteiger partial charge in [-0.1, -0.05) is 18.2 Å². The second kappa shape index (κ2) is 7.96. The molecule has 0 aliphatic carbocycles. The fraction of sp³-hybridized carbons (Fsp3) is 0.429. The van der Waals surface area contributed by atoms with Crippen molar-refractivity contribution in [2.75, 3.05) is 26.8 Å². The first-order valence-electron chi connectivity index (χ1n) is 9.62. The third kappa shape index (κ3) is 4.06. The van der Waals surface area contributed by atoms with E-state index in [1.165, 1.54) is 10.9 Å². The molecule has 142 valence electrons. The molecule has 1 saturated heterocycles. The Balaban J connectivity index is 1.37. The molecule has 27 heavy (non-hydrogen) atoms. The van der Waals surface area contributed by atoms with Crippen LogP contribution >= 0.6 is 0 Å². The third-order valence-corrected chi connectivity index (χ3v) is 5.43. The van der Waals surface area contributed by atoms with Gasteiger partial charge in [0, 0.05) is 38.5 Å². The van der Waals surface area contributed by atoms with Gasteiger partial charge in [-0.25, -0.2) is 0 Å². The summed E-state index contributed by atoms with van der Waals surface area (Å²) in [5.41, 5.74) is 2.59. The van der Waals surface area contributed by atoms with Crippen LogP contribution in [-0.2, 0) is 11.3 Å². The van der Waals surface area contributed by atoms with Gasteiger partial charge in [0.2, 0.25) is 0 Å². The van der Waals surface area contributed by atoms with Gasteiger partial charge < -0.3 is 14.2 Å². The fourth-order valence-corrected chi connectivity index (χ4v) is 3.72. The molecule has 6 heteroatoms. The molecule has 3 aromatic rings. The normalized spacial score (nSPS) is 15.3. The van der Waals surface area contributed by atoms with E-state index in [-0.39, 0.29) is 5.91 Å². The Morgan fingerprint density at radius 2 is 2.11 bits per heavy atom. The minimum Gasteiger partial charge on any atom is -0.381 e. The first kappa shape index (κ1) is 17.8. The maximum Gasteiger partial charge on any atom is 0.274 e. The van der Waals surface area contributed by atoms with E-state index in [2.05, 4.69) is 39.2 Å². The van der Waals surface area contributed by atoms with Crippen LogP contribution in [0.2, 0.25) is 0 Å². The number of benzene rings is 1. The van der Waals surface area contributed by atoms with Gasteiger partial charge in [0.05, 0.1) is 12.2 Å². The van der Waals surface area contributed by atoms with Crippen LogP contribution < -0.4 is 0 Å². The summed E-state index contributed by atoms with van der Waals surface area (Å²) in [5, 5.41) is 8.47. The van der Waals surface area contributed by atoms with Crippen molar-refractivity contribution in [3.8, 4) is 0 Å². The van der Waals surface area contributed by atoms with Crippen molar-refractivity contribution >= 4 is 16.8 Å². The second-order valence-corrected chi connectivity index (χ2v) is 7.35. The maximum atomic E-state index is 12.7. The molecular formula is C21H26N4O2. The standard InChI is InChI=1S/C21H26N4O2/c1-24(10-6-16-8-12-27-13-9-16)21(26)19-14-18(22-23-19)15-25-11-7-17-4-2-3-5-20(17)25/h2-5,7,11,14,16H,6,8-10,12-13,15H2,1H3,(H,22,23). The molecule has 1 aromatic carbocycles. The Hall–Kier alpha value is -2.60. The minimum atomic E-state index is -0.0260. The zero-order valence-corrected chi connectivity index (χ0v) is 15.7. The largest absolute Gasteiger partial charge is 0.381 e. The monoisotopic (exact) mass is 366 g/mol. The van der Waals surface area contributed by atoms with Crippen LogP contribution in [0.25, 0.3) is 10.9 Å². The third-order valence-electron chi connectivity index (χ3n) is 5.43. The number of H-pyrrole nitrogens is 1. The summed E-state index contributed by atoms with van der Waals surface area (Å²) in [4.78, 5) is 14.4. The molecular weight excluding hydrogens is 340 g/mol. The Labute approximate surface area is 159 Å². The van der Waals surface area contributed by atoms with Crippen LogP contribution in [0, 0.1) is 5.92 Å². The lowest BCUT2D eigenvalue weighted by molar-refractivity contribution is 0.0582. The van der Waals surface area contributed by atoms with E-state index in [9.17, 15) is 4.79 Å². The number of nitrogens with zero attached hydrogens (tertiary/aromatic N) is 3. The lowest BCUT2D eigenvalue weighted by Gasteiger charge is -2.24. The Bertz CT molecular complexity index is 908. The van der Waals surface area contributed by atoms with E-state index >= 15 is 0 Å². The molecule has 1 N–H and O–H groups in total. The van der Waals surface area contributed by atoms with Crippen molar-refractivity contribution in [2.45, 2.75) is 25.8 Å². The first-order valence-corrected chi connectivity index (χ1v) is 9.62. The summed E-state index contributed by atoms with van der Waals surface area (Å²) >= 11 is 0. The summed E-state index contributed by atoms with van der Waals surface area (Å²) < 4.78 is 7.56. The number of ether oxygens (including phenoxy) is 1. The predicted octanol–water partition coefficient (Wildman–Crippen LogP) is 3.30. The molecule has 6 nitrogen and oxygen atoms in total. The molecule has 1 aliphatic heterocycles. The summed E-state index contributed by atoms with van der Waals surface area (Å²) in [7, 11) is 1.86. The number of nitrogens with one attached hydrogen (secondary N) is 1. The molecule has 0 atom stereocenters. The lowest BCUT2D eigenvalue weighted by Crippen LogP contribution is -2.30. The maximum absolute atomic E-state index is 12.7. The van der Waals surface area contributed by atoms with Crippen LogP contribution in [-0.4, -0.2) is 52.4 Å². The van der Waals surface area contributed by atoms with E-state index in [0.29, 0.717) is 18.2 Å². The van der Waals surface area contributed by atoms with Crippen LogP contribution in [0.3, 0.4) is 0 Å². The molecule has 1 aliphatic rings. The molecule has 0 spiro atoms. The number of aromatic nitrogens is 3. The number of fused-ring (bicyclic) bond motifs is 1. The molecule has 4 rings (SSSR count). The van der Waals surface area contributed by atoms with Gasteiger partial charge in [-0.05, 0) is 48.8 Å². The van der Waals surface area contributed by atoms with E-state index in [0.717, 1.165) is 44.7 Å². The number of rotatable bonds is 6. The lowest BCUT2D eigenvalue weighted by atomic mass is 9.96. The highest BCUT2D eigenvalue weighted by molar-refractivity contribution is 5.92. The van der Waals surface area contributed by atoms with Crippen LogP contribution in [0.15, 0.2) is 42.6 Å². The summed E-state index contributed by atoms with van der Waals surface area (Å²) in [6.45, 7) is 3.12. The van der Waals surface area contributed by atoms with Crippen molar-refractivity contribution in [2.24, 2.45) is 5.92 Å². The van der Waals surface area contributed by atoms with Gasteiger partial charge in [-0.2, -0.15) is 5.10 Å². The predicted molar refractivity (Wildman–Crippen MR) is 105 cm³/mol. The highest BCUT2D eigenvalue weighted by Gasteiger charge is 2.19. The molecule has 0 bridgehead atoms. The molecule has 3 heterocycles. The molecule has 0 unspecified atom stereocenters. The Morgan fingerprint density at radius 1 is 1.30 bits per heavy atom. The van der Waals surface area contributed by atoms with Crippen molar-refractivity contribution < 1.29 is 9.53 Å². The summed E-state index contributed by atoms with van der Waals surface area (Å²) in [5.74, 6) is 0.632. The van der Waals surface area contributed by atoms with Gasteiger partial charge in [-0.3, -0.25) is 9.89 Å². The molecule has 0 radical (unpaired) electrons. The van der Waals surface area contributed by atoms with Gasteiger partial charge >= 0.3 is 0 Å². The van der Waals surface area contributed by atoms with Gasteiger partial charge in [0.25, 0.3) is 5.91 Å². The highest BCUT2D eigenvalue weighted by atomic mass is 16.5. The first-order chi connectivity index (χ1) is 13.2. The van der Waals surface area contributed by atoms with Crippen LogP contribution in [0.1, 0.15) is 35.4 Å². The fourth-order valence-electron chi connectivity index (χ4n) is 3.72. The number of carbonyl (C=O) groups excluding carboxylic acids is 1. The number of carbonyl (C=O) groups is 1. The summed E-state index contributed by atoms with van der Waals surface area (Å²) in [6, 6.07) is 12.2. The number of para-hydroxylation sites is 1. The SMILES string of the molecule is CN(CCC1CCOCC1)C(=O)c1cc(Cn2ccc3ccccc32)[nH]n1. The average Bonchev–Trinajstić information content (AvgIpc) is 3.34. The second-order valence-electron chi connectivity index (χ2n) is 7.35. The molecule has 0 saturated carbocycles. The average molecular weight is 366 g/mol. The van der Waals surface area contributed by atoms with Crippen molar-refractivity contribution in [3.63, 3.8) is 0 Å².